The first-order chi connectivity index (χ1) is 16.4. The molecule has 7 heteroatoms. The molecule has 1 N–H and O–H groups in total. The van der Waals surface area contributed by atoms with E-state index in [9.17, 15) is 14.0 Å². The average molecular weight is 461 g/mol. The summed E-state index contributed by atoms with van der Waals surface area (Å²) in [5, 5.41) is 3.09. The maximum absolute atomic E-state index is 13.6. The van der Waals surface area contributed by atoms with Gasteiger partial charge >= 0.3 is 0 Å². The number of anilines is 2. The molecule has 0 fully saturated rings. The fraction of sp³-hybridized carbons (Fsp3) is 0.185. The molecule has 34 heavy (non-hydrogen) atoms. The van der Waals surface area contributed by atoms with Crippen molar-refractivity contribution in [2.24, 2.45) is 0 Å². The largest absolute Gasteiger partial charge is 0.494 e. The maximum Gasteiger partial charge on any atom is 0.282 e. The number of hydrogen-bond acceptors (Lipinski definition) is 5. The van der Waals surface area contributed by atoms with Gasteiger partial charge in [-0.1, -0.05) is 18.2 Å². The summed E-state index contributed by atoms with van der Waals surface area (Å²) in [6.07, 6.45) is -0.00380. The van der Waals surface area contributed by atoms with Crippen LogP contribution in [0.2, 0.25) is 0 Å². The molecule has 0 atom stereocenters. The molecule has 6 nitrogen and oxygen atoms in total. The molecule has 1 aliphatic rings. The van der Waals surface area contributed by atoms with Crippen molar-refractivity contribution >= 4 is 28.8 Å². The van der Waals surface area contributed by atoms with E-state index in [2.05, 4.69) is 5.32 Å². The molecule has 0 radical (unpaired) electrons. The number of hydrogen-bond donors (Lipinski definition) is 1. The van der Waals surface area contributed by atoms with Crippen LogP contribution >= 0.6 is 0 Å². The molecule has 174 valence electrons. The van der Waals surface area contributed by atoms with Gasteiger partial charge in [0.25, 0.3) is 11.8 Å². The molecule has 0 aliphatic carbocycles. The van der Waals surface area contributed by atoms with Gasteiger partial charge in [-0.3, -0.25) is 9.59 Å². The fourth-order valence-electron chi connectivity index (χ4n) is 3.69. The molecule has 3 aromatic carbocycles. The predicted octanol–water partition coefficient (Wildman–Crippen LogP) is 5.41. The van der Waals surface area contributed by atoms with Gasteiger partial charge in [-0.15, -0.1) is 0 Å². The zero-order valence-electron chi connectivity index (χ0n) is 19.2. The Kier molecular flexibility index (Phi) is 6.63. The van der Waals surface area contributed by atoms with Crippen LogP contribution in [0.1, 0.15) is 26.3 Å². The summed E-state index contributed by atoms with van der Waals surface area (Å²) in [6, 6.07) is 19.3. The van der Waals surface area contributed by atoms with Gasteiger partial charge in [-0.25, -0.2) is 9.29 Å². The second-order valence-corrected chi connectivity index (χ2v) is 7.95. The lowest BCUT2D eigenvalue weighted by Crippen LogP contribution is -2.32. The first kappa shape index (κ1) is 23.0. The number of carbonyl (C=O) groups excluding carboxylic acids is 2. The van der Waals surface area contributed by atoms with Gasteiger partial charge in [0.15, 0.2) is 0 Å². The van der Waals surface area contributed by atoms with Crippen LogP contribution in [0.25, 0.3) is 5.57 Å². The second kappa shape index (κ2) is 9.79. The summed E-state index contributed by atoms with van der Waals surface area (Å²) in [7, 11) is 0. The smallest absolute Gasteiger partial charge is 0.282 e. The van der Waals surface area contributed by atoms with E-state index in [0.29, 0.717) is 35.0 Å². The fourth-order valence-corrected chi connectivity index (χ4v) is 3.69. The normalized spacial score (nSPS) is 13.6. The van der Waals surface area contributed by atoms with Crippen LogP contribution in [0.15, 0.2) is 78.5 Å². The molecule has 1 aliphatic heterocycles. The van der Waals surface area contributed by atoms with Gasteiger partial charge in [-0.05, 0) is 74.9 Å². The zero-order chi connectivity index (χ0) is 24.2. The third-order valence-corrected chi connectivity index (χ3v) is 5.10. The van der Waals surface area contributed by atoms with Gasteiger partial charge in [0, 0.05) is 11.8 Å². The minimum absolute atomic E-state index is 0.00380. The average Bonchev–Trinajstić information content (AvgIpc) is 3.04. The molecule has 0 bridgehead atoms. The van der Waals surface area contributed by atoms with Crippen molar-refractivity contribution in [3.63, 3.8) is 0 Å². The molecule has 0 spiro atoms. The standard InChI is InChI=1S/C27H25FN2O4/c1-4-33-23-7-5-6-20(16-23)29-25-24(18-8-10-19(28)11-9-18)26(31)30(27(25)32)21-12-14-22(15-13-21)34-17(2)3/h5-17,29H,4H2,1-3H3. The first-order valence-corrected chi connectivity index (χ1v) is 11.0. The molecule has 0 saturated carbocycles. The van der Waals surface area contributed by atoms with Crippen molar-refractivity contribution in [1.82, 2.24) is 0 Å². The van der Waals surface area contributed by atoms with E-state index in [0.717, 1.165) is 4.90 Å². The predicted molar refractivity (Wildman–Crippen MR) is 129 cm³/mol. The summed E-state index contributed by atoms with van der Waals surface area (Å²) < 4.78 is 24.8. The van der Waals surface area contributed by atoms with Gasteiger partial charge in [0.2, 0.25) is 0 Å². The number of carbonyl (C=O) groups is 2. The highest BCUT2D eigenvalue weighted by Crippen LogP contribution is 2.35. The quantitative estimate of drug-likeness (QED) is 0.456. The van der Waals surface area contributed by atoms with Crippen molar-refractivity contribution < 1.29 is 23.5 Å². The van der Waals surface area contributed by atoms with Crippen molar-refractivity contribution in [3.05, 3.63) is 89.9 Å². The Labute approximate surface area is 197 Å². The van der Waals surface area contributed by atoms with E-state index in [1.807, 2.05) is 20.8 Å². The van der Waals surface area contributed by atoms with Gasteiger partial charge in [-0.2, -0.15) is 0 Å². The minimum atomic E-state index is -0.510. The Bertz CT molecular complexity index is 1230. The number of ether oxygens (including phenoxy) is 2. The lowest BCUT2D eigenvalue weighted by molar-refractivity contribution is -0.120. The molecule has 0 unspecified atom stereocenters. The number of nitrogens with zero attached hydrogens (tertiary/aromatic N) is 1. The van der Waals surface area contributed by atoms with E-state index >= 15 is 0 Å². The Morgan fingerprint density at radius 2 is 1.62 bits per heavy atom. The summed E-state index contributed by atoms with van der Waals surface area (Å²) in [5.41, 5.74) is 1.70. The zero-order valence-corrected chi connectivity index (χ0v) is 19.2. The summed E-state index contributed by atoms with van der Waals surface area (Å²) >= 11 is 0. The van der Waals surface area contributed by atoms with Crippen LogP contribution < -0.4 is 19.7 Å². The van der Waals surface area contributed by atoms with Gasteiger partial charge in [0.1, 0.15) is 23.0 Å². The van der Waals surface area contributed by atoms with Crippen LogP contribution in [0, 0.1) is 5.82 Å². The van der Waals surface area contributed by atoms with E-state index in [1.165, 1.54) is 24.3 Å². The van der Waals surface area contributed by atoms with E-state index < -0.39 is 17.6 Å². The van der Waals surface area contributed by atoms with Crippen molar-refractivity contribution in [3.8, 4) is 11.5 Å². The van der Waals surface area contributed by atoms with Crippen LogP contribution in [0.4, 0.5) is 15.8 Å². The topological polar surface area (TPSA) is 67.9 Å². The van der Waals surface area contributed by atoms with E-state index in [-0.39, 0.29) is 17.4 Å². The lowest BCUT2D eigenvalue weighted by Gasteiger charge is -2.17. The monoisotopic (exact) mass is 460 g/mol. The Morgan fingerprint density at radius 1 is 0.912 bits per heavy atom. The third-order valence-electron chi connectivity index (χ3n) is 5.10. The molecule has 4 rings (SSSR count). The highest BCUT2D eigenvalue weighted by Gasteiger charge is 2.40. The first-order valence-electron chi connectivity index (χ1n) is 11.0. The number of benzene rings is 3. The molecule has 3 aromatic rings. The highest BCUT2D eigenvalue weighted by molar-refractivity contribution is 6.46. The van der Waals surface area contributed by atoms with Gasteiger partial charge < -0.3 is 14.8 Å². The number of nitrogens with one attached hydrogen (secondary N) is 1. The minimum Gasteiger partial charge on any atom is -0.494 e. The highest BCUT2D eigenvalue weighted by atomic mass is 19.1. The second-order valence-electron chi connectivity index (χ2n) is 7.95. The molecular formula is C27H25FN2O4. The summed E-state index contributed by atoms with van der Waals surface area (Å²) in [4.78, 5) is 28.1. The molecule has 0 aromatic heterocycles. The number of halogens is 1. The number of rotatable bonds is 8. The number of imide groups is 1. The SMILES string of the molecule is CCOc1cccc(NC2=C(c3ccc(F)cc3)C(=O)N(c3ccc(OC(C)C)cc3)C2=O)c1. The maximum atomic E-state index is 13.6. The van der Waals surface area contributed by atoms with Crippen molar-refractivity contribution in [2.45, 2.75) is 26.9 Å². The van der Waals surface area contributed by atoms with E-state index in [1.54, 1.807) is 48.5 Å². The summed E-state index contributed by atoms with van der Waals surface area (Å²) in [5.74, 6) is -0.180. The molecule has 1 heterocycles. The van der Waals surface area contributed by atoms with Crippen LogP contribution in [0.5, 0.6) is 11.5 Å². The summed E-state index contributed by atoms with van der Waals surface area (Å²) in [6.45, 7) is 6.20. The Hall–Kier alpha value is -4.13. The van der Waals surface area contributed by atoms with Crippen LogP contribution in [0.3, 0.4) is 0 Å². The molecule has 0 saturated heterocycles. The molecule has 2 amide bonds. The third kappa shape index (κ3) is 4.78. The van der Waals surface area contributed by atoms with Gasteiger partial charge in [0.05, 0.1) is 24.0 Å². The van der Waals surface area contributed by atoms with Crippen molar-refractivity contribution in [2.75, 3.05) is 16.8 Å². The van der Waals surface area contributed by atoms with Crippen LogP contribution in [-0.2, 0) is 9.59 Å². The lowest BCUT2D eigenvalue weighted by atomic mass is 10.0. The Morgan fingerprint density at radius 3 is 2.26 bits per heavy atom. The van der Waals surface area contributed by atoms with Crippen molar-refractivity contribution in [1.29, 1.82) is 0 Å². The number of amides is 2. The Balaban J connectivity index is 1.73. The van der Waals surface area contributed by atoms with E-state index in [4.69, 9.17) is 9.47 Å². The van der Waals surface area contributed by atoms with Crippen LogP contribution in [-0.4, -0.2) is 24.5 Å². The molecular weight excluding hydrogens is 435 g/mol.